The lowest BCUT2D eigenvalue weighted by atomic mass is 9.98. The van der Waals surface area contributed by atoms with Crippen molar-refractivity contribution in [2.45, 2.75) is 35.2 Å². The van der Waals surface area contributed by atoms with E-state index in [2.05, 4.69) is 35.2 Å². The van der Waals surface area contributed by atoms with Gasteiger partial charge in [0.2, 0.25) is 0 Å². The first kappa shape index (κ1) is 26.0. The highest BCUT2D eigenvalue weighted by Crippen LogP contribution is 2.42. The average molecular weight is 508 g/mol. The molecule has 4 rings (SSSR count). The number of nitrogens with zero attached hydrogens (tertiary/aromatic N) is 1. The molecule has 34 heavy (non-hydrogen) atoms. The molecule has 0 bridgehead atoms. The van der Waals surface area contributed by atoms with E-state index in [0.717, 1.165) is 37.4 Å². The summed E-state index contributed by atoms with van der Waals surface area (Å²) in [6.07, 6.45) is 2.48. The summed E-state index contributed by atoms with van der Waals surface area (Å²) in [6.45, 7) is 2.92. The van der Waals surface area contributed by atoms with Gasteiger partial charge in [0.25, 0.3) is 0 Å². The monoisotopic (exact) mass is 507 g/mol. The van der Waals surface area contributed by atoms with Crippen molar-refractivity contribution in [2.75, 3.05) is 26.2 Å². The number of benzene rings is 2. The Morgan fingerprint density at radius 3 is 2.50 bits per heavy atom. The van der Waals surface area contributed by atoms with Gasteiger partial charge in [-0.2, -0.15) is 0 Å². The summed E-state index contributed by atoms with van der Waals surface area (Å²) in [7, 11) is 0. The number of hydrogen-bond acceptors (Lipinski definition) is 6. The van der Waals surface area contributed by atoms with Crippen molar-refractivity contribution in [3.8, 4) is 0 Å². The van der Waals surface area contributed by atoms with Crippen LogP contribution in [0.2, 0.25) is 5.02 Å². The fourth-order valence-electron chi connectivity index (χ4n) is 4.01. The number of carbonyl (C=O) groups is 3. The molecule has 3 N–H and O–H groups in total. The Balaban J connectivity index is 0.000000481. The van der Waals surface area contributed by atoms with Gasteiger partial charge in [-0.15, -0.1) is 0 Å². The van der Waals surface area contributed by atoms with Crippen molar-refractivity contribution < 1.29 is 34.4 Å². The van der Waals surface area contributed by atoms with E-state index in [4.69, 9.17) is 36.1 Å². The first-order chi connectivity index (χ1) is 16.2. The lowest BCUT2D eigenvalue weighted by Gasteiger charge is -2.31. The summed E-state index contributed by atoms with van der Waals surface area (Å²) < 4.78 is 6.34. The second-order valence-electron chi connectivity index (χ2n) is 8.04. The number of aliphatic carboxylic acids is 3. The maximum absolute atomic E-state index is 11.3. The van der Waals surface area contributed by atoms with E-state index in [1.54, 1.807) is 11.8 Å². The fraction of sp³-hybridized carbons (Fsp3) is 0.375. The van der Waals surface area contributed by atoms with E-state index in [-0.39, 0.29) is 12.0 Å². The van der Waals surface area contributed by atoms with Gasteiger partial charge in [0, 0.05) is 34.3 Å². The molecule has 2 atom stereocenters. The summed E-state index contributed by atoms with van der Waals surface area (Å²) in [6, 6.07) is 14.5. The molecule has 2 aliphatic rings. The number of piperidine rings is 1. The highest BCUT2D eigenvalue weighted by molar-refractivity contribution is 7.99. The molecule has 0 amide bonds. The van der Waals surface area contributed by atoms with Gasteiger partial charge >= 0.3 is 17.9 Å². The molecule has 0 saturated carbocycles. The molecule has 2 heterocycles. The summed E-state index contributed by atoms with van der Waals surface area (Å²) >= 11 is 8.00. The van der Waals surface area contributed by atoms with E-state index in [1.807, 2.05) is 12.1 Å². The van der Waals surface area contributed by atoms with Crippen molar-refractivity contribution in [1.29, 1.82) is 0 Å². The van der Waals surface area contributed by atoms with Crippen LogP contribution in [-0.4, -0.2) is 64.4 Å². The zero-order chi connectivity index (χ0) is 24.7. The van der Waals surface area contributed by atoms with Crippen molar-refractivity contribution in [3.63, 3.8) is 0 Å². The zero-order valence-electron chi connectivity index (χ0n) is 18.4. The van der Waals surface area contributed by atoms with Crippen LogP contribution >= 0.6 is 23.4 Å². The standard InChI is InChI=1S/C22H24ClNO3S.C2H2O4/c23-17-7-8-20-16(12-17)13-19(18-5-1-2-6-21(18)28-20)27-11-10-24-9-3-4-15(14-24)22(25)26;3-1(4)2(5)6/h1-2,5-8,12,15,19H,3-4,9-11,13-14H2,(H,25,26);(H,3,4)(H,5,6). The molecule has 0 aromatic heterocycles. The minimum absolute atomic E-state index is 0.0246. The average Bonchev–Trinajstić information content (AvgIpc) is 2.96. The Labute approximate surface area is 206 Å². The van der Waals surface area contributed by atoms with Crippen LogP contribution in [0.25, 0.3) is 0 Å². The largest absolute Gasteiger partial charge is 0.481 e. The van der Waals surface area contributed by atoms with Gasteiger partial charge < -0.3 is 25.0 Å². The lowest BCUT2D eigenvalue weighted by Crippen LogP contribution is -2.40. The van der Waals surface area contributed by atoms with Crippen LogP contribution < -0.4 is 0 Å². The SMILES string of the molecule is O=C(O)C(=O)O.O=C(O)C1CCCN(CCOC2Cc3cc(Cl)ccc3Sc3ccccc32)C1. The second kappa shape index (κ2) is 12.2. The summed E-state index contributed by atoms with van der Waals surface area (Å²) in [5.41, 5.74) is 2.42. The normalized spacial score (nSPS) is 19.6. The van der Waals surface area contributed by atoms with Gasteiger partial charge in [-0.1, -0.05) is 41.6 Å². The Bertz CT molecular complexity index is 1040. The van der Waals surface area contributed by atoms with Crippen LogP contribution in [0.4, 0.5) is 0 Å². The third-order valence-corrected chi connectivity index (χ3v) is 7.12. The molecule has 1 fully saturated rings. The Morgan fingerprint density at radius 1 is 1.06 bits per heavy atom. The molecule has 0 spiro atoms. The van der Waals surface area contributed by atoms with E-state index >= 15 is 0 Å². The Hall–Kier alpha value is -2.59. The van der Waals surface area contributed by atoms with Crippen LogP contribution in [0.15, 0.2) is 52.3 Å². The number of hydrogen-bond donors (Lipinski definition) is 3. The topological polar surface area (TPSA) is 124 Å². The summed E-state index contributed by atoms with van der Waals surface area (Å²) in [5, 5.41) is 24.8. The van der Waals surface area contributed by atoms with E-state index in [9.17, 15) is 9.90 Å². The van der Waals surface area contributed by atoms with Crippen LogP contribution in [0.5, 0.6) is 0 Å². The Kier molecular flexibility index (Phi) is 9.35. The molecule has 0 aliphatic carbocycles. The number of ether oxygens (including phenoxy) is 1. The number of carboxylic acids is 3. The summed E-state index contributed by atoms with van der Waals surface area (Å²) in [4.78, 5) is 34.1. The molecule has 182 valence electrons. The predicted molar refractivity (Wildman–Crippen MR) is 126 cm³/mol. The third-order valence-electron chi connectivity index (χ3n) is 5.68. The van der Waals surface area contributed by atoms with Gasteiger partial charge in [-0.3, -0.25) is 4.79 Å². The first-order valence-electron chi connectivity index (χ1n) is 10.8. The molecular weight excluding hydrogens is 482 g/mol. The predicted octanol–water partition coefficient (Wildman–Crippen LogP) is 4.06. The molecule has 2 aromatic carbocycles. The number of fused-ring (bicyclic) bond motifs is 2. The zero-order valence-corrected chi connectivity index (χ0v) is 19.9. The van der Waals surface area contributed by atoms with Crippen molar-refractivity contribution in [2.24, 2.45) is 5.92 Å². The van der Waals surface area contributed by atoms with Crippen LogP contribution in [0, 0.1) is 5.92 Å². The number of halogens is 1. The molecule has 0 radical (unpaired) electrons. The van der Waals surface area contributed by atoms with Gasteiger partial charge in [-0.25, -0.2) is 9.59 Å². The van der Waals surface area contributed by atoms with Gasteiger partial charge in [-0.05, 0) is 54.8 Å². The smallest absolute Gasteiger partial charge is 0.414 e. The van der Waals surface area contributed by atoms with Crippen LogP contribution in [-0.2, 0) is 25.5 Å². The van der Waals surface area contributed by atoms with Gasteiger partial charge in [0.05, 0.1) is 18.6 Å². The molecule has 2 unspecified atom stereocenters. The van der Waals surface area contributed by atoms with E-state index in [0.29, 0.717) is 13.2 Å². The minimum Gasteiger partial charge on any atom is -0.481 e. The van der Waals surface area contributed by atoms with Crippen molar-refractivity contribution in [3.05, 3.63) is 58.6 Å². The minimum atomic E-state index is -1.82. The van der Waals surface area contributed by atoms with Gasteiger partial charge in [0.1, 0.15) is 0 Å². The maximum Gasteiger partial charge on any atom is 0.414 e. The molecule has 1 saturated heterocycles. The van der Waals surface area contributed by atoms with Crippen LogP contribution in [0.1, 0.15) is 30.1 Å². The number of rotatable bonds is 5. The number of likely N-dealkylation sites (tertiary alicyclic amines) is 1. The van der Waals surface area contributed by atoms with Crippen LogP contribution in [0.3, 0.4) is 0 Å². The molecule has 10 heteroatoms. The number of carboxylic acid groups (broad SMARTS) is 3. The van der Waals surface area contributed by atoms with Crippen molar-refractivity contribution in [1.82, 2.24) is 4.90 Å². The maximum atomic E-state index is 11.3. The summed E-state index contributed by atoms with van der Waals surface area (Å²) in [5.74, 6) is -4.59. The highest BCUT2D eigenvalue weighted by atomic mass is 35.5. The molecule has 8 nitrogen and oxygen atoms in total. The van der Waals surface area contributed by atoms with Gasteiger partial charge in [0.15, 0.2) is 0 Å². The fourth-order valence-corrected chi connectivity index (χ4v) is 5.31. The quantitative estimate of drug-likeness (QED) is 0.514. The van der Waals surface area contributed by atoms with Crippen molar-refractivity contribution >= 4 is 41.3 Å². The molecule has 2 aromatic rings. The second-order valence-corrected chi connectivity index (χ2v) is 9.56. The van der Waals surface area contributed by atoms with E-state index in [1.165, 1.54) is 20.9 Å². The molecular formula is C24H26ClNO7S. The van der Waals surface area contributed by atoms with E-state index < -0.39 is 17.9 Å². The third kappa shape index (κ3) is 7.20. The Morgan fingerprint density at radius 2 is 1.79 bits per heavy atom. The first-order valence-corrected chi connectivity index (χ1v) is 12.0. The molecule has 2 aliphatic heterocycles. The highest BCUT2D eigenvalue weighted by Gasteiger charge is 2.26. The lowest BCUT2D eigenvalue weighted by molar-refractivity contribution is -0.159.